The van der Waals surface area contributed by atoms with Gasteiger partial charge in [-0.25, -0.2) is 4.39 Å². The third-order valence-electron chi connectivity index (χ3n) is 4.15. The van der Waals surface area contributed by atoms with E-state index in [-0.39, 0.29) is 23.3 Å². The number of benzene rings is 1. The molecule has 1 aromatic carbocycles. The van der Waals surface area contributed by atoms with Crippen molar-refractivity contribution in [3.05, 3.63) is 28.5 Å². The zero-order valence-corrected chi connectivity index (χ0v) is 11.5. The van der Waals surface area contributed by atoms with Gasteiger partial charge in [0.15, 0.2) is 0 Å². The number of carbonyl (C=O) groups is 1. The van der Waals surface area contributed by atoms with Crippen LogP contribution in [0.3, 0.4) is 0 Å². The molecule has 2 unspecified atom stereocenters. The summed E-state index contributed by atoms with van der Waals surface area (Å²) in [6, 6.07) is 4.71. The second-order valence-electron chi connectivity index (χ2n) is 5.25. The lowest BCUT2D eigenvalue weighted by molar-refractivity contribution is -0.117. The van der Waals surface area contributed by atoms with Crippen molar-refractivity contribution in [2.75, 3.05) is 5.32 Å². The maximum absolute atomic E-state index is 13.6. The molecule has 2 saturated carbocycles. The van der Waals surface area contributed by atoms with Crippen molar-refractivity contribution < 1.29 is 9.18 Å². The number of halogens is 2. The highest BCUT2D eigenvalue weighted by Gasteiger charge is 2.54. The Bertz CT molecular complexity index is 479. The second kappa shape index (κ2) is 4.65. The predicted octanol–water partition coefficient (Wildman–Crippen LogP) is 3.96. The maximum atomic E-state index is 13.6. The summed E-state index contributed by atoms with van der Waals surface area (Å²) in [5.41, 5.74) is 0.284. The molecule has 2 nitrogen and oxygen atoms in total. The molecular weight excluding hydrogens is 297 g/mol. The summed E-state index contributed by atoms with van der Waals surface area (Å²) in [5.74, 6) is 0.833. The summed E-state index contributed by atoms with van der Waals surface area (Å²) >= 11 is 3.20. The van der Waals surface area contributed by atoms with Crippen molar-refractivity contribution in [3.8, 4) is 0 Å². The van der Waals surface area contributed by atoms with Crippen molar-refractivity contribution in [1.82, 2.24) is 0 Å². The van der Waals surface area contributed by atoms with Gasteiger partial charge in [0.1, 0.15) is 5.82 Å². The molecule has 1 aromatic rings. The molecule has 96 valence electrons. The SMILES string of the molecule is O=C(Nc1ccc(Br)cc1F)C1C2CCCCC21. The fourth-order valence-corrected chi connectivity index (χ4v) is 3.52. The van der Waals surface area contributed by atoms with Gasteiger partial charge in [-0.15, -0.1) is 0 Å². The molecule has 0 saturated heterocycles. The molecule has 18 heavy (non-hydrogen) atoms. The van der Waals surface area contributed by atoms with E-state index >= 15 is 0 Å². The van der Waals surface area contributed by atoms with E-state index in [2.05, 4.69) is 21.2 Å². The van der Waals surface area contributed by atoms with Gasteiger partial charge < -0.3 is 5.32 Å². The number of rotatable bonds is 2. The second-order valence-corrected chi connectivity index (χ2v) is 6.17. The number of hydrogen-bond acceptors (Lipinski definition) is 1. The van der Waals surface area contributed by atoms with Crippen molar-refractivity contribution in [2.24, 2.45) is 17.8 Å². The van der Waals surface area contributed by atoms with Crippen LogP contribution in [0.2, 0.25) is 0 Å². The van der Waals surface area contributed by atoms with Crippen molar-refractivity contribution >= 4 is 27.5 Å². The van der Waals surface area contributed by atoms with E-state index in [0.717, 1.165) is 12.8 Å². The first-order valence-corrected chi connectivity index (χ1v) is 7.22. The lowest BCUT2D eigenvalue weighted by Gasteiger charge is -2.06. The Morgan fingerprint density at radius 1 is 1.28 bits per heavy atom. The minimum atomic E-state index is -0.388. The Morgan fingerprint density at radius 3 is 2.56 bits per heavy atom. The number of anilines is 1. The van der Waals surface area contributed by atoms with Crippen LogP contribution in [0.25, 0.3) is 0 Å². The molecule has 0 spiro atoms. The van der Waals surface area contributed by atoms with Gasteiger partial charge in [0.05, 0.1) is 5.69 Å². The lowest BCUT2D eigenvalue weighted by Crippen LogP contribution is -2.16. The molecule has 1 N–H and O–H groups in total. The van der Waals surface area contributed by atoms with Gasteiger partial charge >= 0.3 is 0 Å². The molecule has 0 radical (unpaired) electrons. The molecule has 0 bridgehead atoms. The molecule has 1 amide bonds. The van der Waals surface area contributed by atoms with Gasteiger partial charge in [0.25, 0.3) is 0 Å². The van der Waals surface area contributed by atoms with Crippen molar-refractivity contribution in [2.45, 2.75) is 25.7 Å². The van der Waals surface area contributed by atoms with Gasteiger partial charge in [0, 0.05) is 10.4 Å². The number of amides is 1. The van der Waals surface area contributed by atoms with Crippen LogP contribution < -0.4 is 5.32 Å². The summed E-state index contributed by atoms with van der Waals surface area (Å²) in [4.78, 5) is 12.1. The van der Waals surface area contributed by atoms with Crippen LogP contribution in [0.4, 0.5) is 10.1 Å². The zero-order chi connectivity index (χ0) is 12.7. The van der Waals surface area contributed by atoms with E-state index in [4.69, 9.17) is 0 Å². The first kappa shape index (κ1) is 12.2. The topological polar surface area (TPSA) is 29.1 Å². The standard InChI is InChI=1S/C14H15BrFNO/c15-8-5-6-12(11(16)7-8)17-14(18)13-9-3-1-2-4-10(9)13/h5-7,9-10,13H,1-4H2,(H,17,18). The highest BCUT2D eigenvalue weighted by Crippen LogP contribution is 2.55. The summed E-state index contributed by atoms with van der Waals surface area (Å²) in [7, 11) is 0. The van der Waals surface area contributed by atoms with Gasteiger partial charge in [-0.05, 0) is 42.9 Å². The zero-order valence-electron chi connectivity index (χ0n) is 9.96. The largest absolute Gasteiger partial charge is 0.323 e. The normalized spacial score (nSPS) is 29.6. The Labute approximate surface area is 114 Å². The average molecular weight is 312 g/mol. The van der Waals surface area contributed by atoms with Crippen LogP contribution in [0.5, 0.6) is 0 Å². The molecular formula is C14H15BrFNO. The van der Waals surface area contributed by atoms with Crippen LogP contribution in [0.1, 0.15) is 25.7 Å². The smallest absolute Gasteiger partial charge is 0.228 e. The molecule has 2 fully saturated rings. The number of fused-ring (bicyclic) bond motifs is 1. The Hall–Kier alpha value is -0.900. The minimum absolute atomic E-state index is 0.00637. The predicted molar refractivity (Wildman–Crippen MR) is 71.7 cm³/mol. The average Bonchev–Trinajstić information content (AvgIpc) is 3.07. The molecule has 0 aliphatic heterocycles. The lowest BCUT2D eigenvalue weighted by atomic mass is 10.0. The first-order valence-electron chi connectivity index (χ1n) is 6.43. The van der Waals surface area contributed by atoms with Gasteiger partial charge in [-0.1, -0.05) is 28.8 Å². The molecule has 2 aliphatic carbocycles. The molecule has 2 aliphatic rings. The fourth-order valence-electron chi connectivity index (χ4n) is 3.19. The monoisotopic (exact) mass is 311 g/mol. The van der Waals surface area contributed by atoms with Gasteiger partial charge in [-0.2, -0.15) is 0 Å². The van der Waals surface area contributed by atoms with Crippen LogP contribution in [0.15, 0.2) is 22.7 Å². The summed E-state index contributed by atoms with van der Waals surface area (Å²) in [6.45, 7) is 0. The molecule has 4 heteroatoms. The van der Waals surface area contributed by atoms with E-state index in [0.29, 0.717) is 16.3 Å². The fraction of sp³-hybridized carbons (Fsp3) is 0.500. The van der Waals surface area contributed by atoms with Crippen LogP contribution in [-0.2, 0) is 4.79 Å². The van der Waals surface area contributed by atoms with E-state index in [9.17, 15) is 9.18 Å². The first-order chi connectivity index (χ1) is 8.66. The van der Waals surface area contributed by atoms with Crippen LogP contribution in [-0.4, -0.2) is 5.91 Å². The number of nitrogens with one attached hydrogen (secondary N) is 1. The molecule has 0 heterocycles. The Balaban J connectivity index is 1.68. The van der Waals surface area contributed by atoms with E-state index < -0.39 is 0 Å². The summed E-state index contributed by atoms with van der Waals surface area (Å²) < 4.78 is 14.3. The van der Waals surface area contributed by atoms with Crippen LogP contribution >= 0.6 is 15.9 Å². The summed E-state index contributed by atoms with van der Waals surface area (Å²) in [5, 5.41) is 2.72. The van der Waals surface area contributed by atoms with Gasteiger partial charge in [-0.3, -0.25) is 4.79 Å². The van der Waals surface area contributed by atoms with Gasteiger partial charge in [0.2, 0.25) is 5.91 Å². The summed E-state index contributed by atoms with van der Waals surface area (Å²) in [6.07, 6.45) is 4.78. The Morgan fingerprint density at radius 2 is 1.94 bits per heavy atom. The molecule has 0 aromatic heterocycles. The third kappa shape index (κ3) is 2.18. The molecule has 3 rings (SSSR count). The van der Waals surface area contributed by atoms with Crippen molar-refractivity contribution in [1.29, 1.82) is 0 Å². The van der Waals surface area contributed by atoms with E-state index in [1.54, 1.807) is 12.1 Å². The maximum Gasteiger partial charge on any atom is 0.228 e. The third-order valence-corrected chi connectivity index (χ3v) is 4.64. The highest BCUT2D eigenvalue weighted by molar-refractivity contribution is 9.10. The molecule has 2 atom stereocenters. The van der Waals surface area contributed by atoms with E-state index in [1.807, 2.05) is 0 Å². The number of hydrogen-bond donors (Lipinski definition) is 1. The minimum Gasteiger partial charge on any atom is -0.323 e. The number of carbonyl (C=O) groups excluding carboxylic acids is 1. The van der Waals surface area contributed by atoms with Crippen molar-refractivity contribution in [3.63, 3.8) is 0 Å². The van der Waals surface area contributed by atoms with E-state index in [1.165, 1.54) is 18.9 Å². The van der Waals surface area contributed by atoms with Crippen LogP contribution in [0, 0.1) is 23.6 Å². The quantitative estimate of drug-likeness (QED) is 0.880. The highest BCUT2D eigenvalue weighted by atomic mass is 79.9. The Kier molecular flexibility index (Phi) is 3.14.